The number of amides is 1. The van der Waals surface area contributed by atoms with Crippen LogP contribution in [0.3, 0.4) is 0 Å². The summed E-state index contributed by atoms with van der Waals surface area (Å²) in [5.41, 5.74) is 5.26. The third-order valence-electron chi connectivity index (χ3n) is 4.97. The van der Waals surface area contributed by atoms with E-state index in [9.17, 15) is 9.59 Å². The molecule has 0 bridgehead atoms. The minimum atomic E-state index is -0.364. The fraction of sp³-hybridized carbons (Fsp3) is 0.200. The van der Waals surface area contributed by atoms with Crippen LogP contribution in [-0.4, -0.2) is 21.6 Å². The summed E-state index contributed by atoms with van der Waals surface area (Å²) in [4.78, 5) is 24.9. The zero-order chi connectivity index (χ0) is 17.4. The fourth-order valence-electron chi connectivity index (χ4n) is 3.77. The molecule has 0 fully saturated rings. The van der Waals surface area contributed by atoms with Crippen molar-refractivity contribution in [3.63, 3.8) is 0 Å². The molecule has 2 N–H and O–H groups in total. The second kappa shape index (κ2) is 6.18. The molecule has 0 spiro atoms. The van der Waals surface area contributed by atoms with Crippen molar-refractivity contribution >= 4 is 22.7 Å². The Labute approximate surface area is 144 Å². The van der Waals surface area contributed by atoms with Gasteiger partial charge in [-0.2, -0.15) is 0 Å². The Morgan fingerprint density at radius 2 is 1.76 bits per heavy atom. The van der Waals surface area contributed by atoms with Gasteiger partial charge in [-0.05, 0) is 43.0 Å². The molecule has 1 atom stereocenters. The van der Waals surface area contributed by atoms with Crippen LogP contribution in [-0.2, 0) is 17.6 Å². The summed E-state index contributed by atoms with van der Waals surface area (Å²) in [6.07, 6.45) is 1.76. The molecule has 3 aromatic rings. The van der Waals surface area contributed by atoms with Crippen molar-refractivity contribution in [1.82, 2.24) is 10.0 Å². The fourth-order valence-corrected chi connectivity index (χ4v) is 3.77. The number of carbonyl (C=O) groups is 2. The molecule has 4 rings (SSSR count). The average Bonchev–Trinajstić information content (AvgIpc) is 3.01. The van der Waals surface area contributed by atoms with Crippen molar-refractivity contribution in [3.05, 3.63) is 71.4 Å². The third-order valence-corrected chi connectivity index (χ3v) is 4.97. The average molecular weight is 334 g/mol. The molecule has 1 heterocycles. The number of benzene rings is 2. The highest BCUT2D eigenvalue weighted by Crippen LogP contribution is 2.35. The molecule has 0 saturated heterocycles. The first-order valence-electron chi connectivity index (χ1n) is 8.35. The smallest absolute Gasteiger partial charge is 0.262 e. The van der Waals surface area contributed by atoms with Crippen LogP contribution in [0.4, 0.5) is 0 Å². The van der Waals surface area contributed by atoms with Crippen LogP contribution in [0, 0.1) is 5.92 Å². The zero-order valence-corrected chi connectivity index (χ0v) is 13.6. The normalized spacial score (nSPS) is 16.4. The van der Waals surface area contributed by atoms with Crippen LogP contribution < -0.4 is 5.48 Å². The molecule has 1 amide bonds. The van der Waals surface area contributed by atoms with E-state index < -0.39 is 0 Å². The van der Waals surface area contributed by atoms with Gasteiger partial charge in [-0.25, -0.2) is 5.48 Å². The quantitative estimate of drug-likeness (QED) is 0.559. The molecule has 126 valence electrons. The molecule has 1 aromatic heterocycles. The van der Waals surface area contributed by atoms with E-state index in [4.69, 9.17) is 5.21 Å². The van der Waals surface area contributed by atoms with Crippen LogP contribution in [0.25, 0.3) is 10.9 Å². The van der Waals surface area contributed by atoms with Gasteiger partial charge in [0.25, 0.3) is 5.91 Å². The van der Waals surface area contributed by atoms with E-state index in [-0.39, 0.29) is 17.7 Å². The van der Waals surface area contributed by atoms with Gasteiger partial charge in [0.05, 0.1) is 5.52 Å². The predicted octanol–water partition coefficient (Wildman–Crippen LogP) is 2.94. The van der Waals surface area contributed by atoms with Crippen molar-refractivity contribution in [2.45, 2.75) is 19.3 Å². The van der Waals surface area contributed by atoms with Crippen molar-refractivity contribution < 1.29 is 14.8 Å². The van der Waals surface area contributed by atoms with Gasteiger partial charge in [0, 0.05) is 22.6 Å². The highest BCUT2D eigenvalue weighted by atomic mass is 16.5. The molecule has 1 unspecified atom stereocenters. The molecule has 2 aromatic carbocycles. The standard InChI is InChI=1S/C20H18N2O3/c23-19(21-25)14-10-11-18-16(12-14)15-8-4-5-9-17(15)22(18)20(24)13-6-2-1-3-7-13/h1-9,14,25H,10-12H2,(H,21,23). The first kappa shape index (κ1) is 15.6. The lowest BCUT2D eigenvalue weighted by molar-refractivity contribution is -0.133. The minimum Gasteiger partial charge on any atom is -0.289 e. The Bertz CT molecular complexity index is 960. The highest BCUT2D eigenvalue weighted by molar-refractivity contribution is 6.04. The molecule has 5 nitrogen and oxygen atoms in total. The number of para-hydroxylation sites is 1. The maximum atomic E-state index is 13.1. The summed E-state index contributed by atoms with van der Waals surface area (Å²) in [5, 5.41) is 9.93. The van der Waals surface area contributed by atoms with Gasteiger partial charge in [0.2, 0.25) is 5.91 Å². The van der Waals surface area contributed by atoms with Gasteiger partial charge in [-0.15, -0.1) is 0 Å². The molecule has 1 aliphatic rings. The Hall–Kier alpha value is -2.92. The van der Waals surface area contributed by atoms with Crippen LogP contribution in [0.5, 0.6) is 0 Å². The lowest BCUT2D eigenvalue weighted by Gasteiger charge is -2.22. The molecule has 0 aliphatic heterocycles. The number of hydrogen-bond donors (Lipinski definition) is 2. The Kier molecular flexibility index (Phi) is 3.86. The summed E-state index contributed by atoms with van der Waals surface area (Å²) in [6.45, 7) is 0. The van der Waals surface area contributed by atoms with Gasteiger partial charge < -0.3 is 0 Å². The Morgan fingerprint density at radius 1 is 1.04 bits per heavy atom. The van der Waals surface area contributed by atoms with E-state index in [1.165, 1.54) is 0 Å². The number of nitrogens with one attached hydrogen (secondary N) is 1. The van der Waals surface area contributed by atoms with E-state index >= 15 is 0 Å². The molecule has 0 saturated carbocycles. The van der Waals surface area contributed by atoms with Crippen LogP contribution in [0.2, 0.25) is 0 Å². The molecular weight excluding hydrogens is 316 g/mol. The first-order chi connectivity index (χ1) is 12.2. The van der Waals surface area contributed by atoms with Gasteiger partial charge in [0.1, 0.15) is 0 Å². The summed E-state index contributed by atoms with van der Waals surface area (Å²) in [6, 6.07) is 17.0. The van der Waals surface area contributed by atoms with E-state index in [1.807, 2.05) is 54.6 Å². The molecule has 1 aliphatic carbocycles. The third kappa shape index (κ3) is 2.53. The lowest BCUT2D eigenvalue weighted by Crippen LogP contribution is -2.32. The largest absolute Gasteiger partial charge is 0.289 e. The number of nitrogens with zero attached hydrogens (tertiary/aromatic N) is 1. The number of carbonyl (C=O) groups excluding carboxylic acids is 2. The second-order valence-corrected chi connectivity index (χ2v) is 6.36. The van der Waals surface area contributed by atoms with Gasteiger partial charge >= 0.3 is 0 Å². The molecule has 5 heteroatoms. The van der Waals surface area contributed by atoms with E-state index in [2.05, 4.69) is 0 Å². The van der Waals surface area contributed by atoms with Gasteiger partial charge in [-0.1, -0.05) is 36.4 Å². The van der Waals surface area contributed by atoms with E-state index in [0.717, 1.165) is 22.2 Å². The summed E-state index contributed by atoms with van der Waals surface area (Å²) in [7, 11) is 0. The zero-order valence-electron chi connectivity index (χ0n) is 13.6. The molecule has 0 radical (unpaired) electrons. The van der Waals surface area contributed by atoms with Gasteiger partial charge in [0.15, 0.2) is 0 Å². The minimum absolute atomic E-state index is 0.0527. The maximum Gasteiger partial charge on any atom is 0.262 e. The van der Waals surface area contributed by atoms with E-state index in [1.54, 1.807) is 10.0 Å². The van der Waals surface area contributed by atoms with Crippen molar-refractivity contribution in [2.24, 2.45) is 5.92 Å². The van der Waals surface area contributed by atoms with Crippen LogP contribution in [0.15, 0.2) is 54.6 Å². The van der Waals surface area contributed by atoms with E-state index in [0.29, 0.717) is 24.8 Å². The topological polar surface area (TPSA) is 71.3 Å². The number of rotatable bonds is 2. The number of fused-ring (bicyclic) bond motifs is 3. The maximum absolute atomic E-state index is 13.1. The number of aromatic nitrogens is 1. The van der Waals surface area contributed by atoms with Crippen LogP contribution >= 0.6 is 0 Å². The van der Waals surface area contributed by atoms with Gasteiger partial charge in [-0.3, -0.25) is 19.4 Å². The monoisotopic (exact) mass is 334 g/mol. The summed E-state index contributed by atoms with van der Waals surface area (Å²) >= 11 is 0. The van der Waals surface area contributed by atoms with Crippen LogP contribution in [0.1, 0.15) is 28.0 Å². The highest BCUT2D eigenvalue weighted by Gasteiger charge is 2.30. The first-order valence-corrected chi connectivity index (χ1v) is 8.35. The Morgan fingerprint density at radius 3 is 2.52 bits per heavy atom. The second-order valence-electron chi connectivity index (χ2n) is 6.36. The lowest BCUT2D eigenvalue weighted by atomic mass is 9.86. The predicted molar refractivity (Wildman–Crippen MR) is 93.6 cm³/mol. The van der Waals surface area contributed by atoms with Crippen molar-refractivity contribution in [1.29, 1.82) is 0 Å². The molecule has 25 heavy (non-hydrogen) atoms. The SMILES string of the molecule is O=C(NO)C1CCc2c(c3ccccc3n2C(=O)c2ccccc2)C1. The summed E-state index contributed by atoms with van der Waals surface area (Å²) in [5.74, 6) is -0.691. The van der Waals surface area contributed by atoms with Crippen molar-refractivity contribution in [3.8, 4) is 0 Å². The number of hydroxylamine groups is 1. The van der Waals surface area contributed by atoms with Crippen molar-refractivity contribution in [2.75, 3.05) is 0 Å². The number of hydrogen-bond acceptors (Lipinski definition) is 3. The molecular formula is C20H18N2O3. The summed E-state index contributed by atoms with van der Waals surface area (Å²) < 4.78 is 1.78. The Balaban J connectivity index is 1.87.